The molecule has 4 aliphatic rings. The lowest BCUT2D eigenvalue weighted by atomic mass is 9.57. The third kappa shape index (κ3) is 4.43. The Morgan fingerprint density at radius 1 is 1.07 bits per heavy atom. The van der Waals surface area contributed by atoms with Crippen molar-refractivity contribution >= 4 is 28.9 Å². The summed E-state index contributed by atoms with van der Waals surface area (Å²) in [7, 11) is 6.94. The number of aromatic hydroxyl groups is 1. The number of amides is 1. The Morgan fingerprint density at radius 2 is 1.73 bits per heavy atom. The molecular formula is C31H41N3O7. The molecule has 2 saturated carbocycles. The normalized spacial score (nSPS) is 28.5. The average Bonchev–Trinajstić information content (AvgIpc) is 2.90. The van der Waals surface area contributed by atoms with Crippen LogP contribution in [0.2, 0.25) is 0 Å². The van der Waals surface area contributed by atoms with E-state index in [1.54, 1.807) is 14.1 Å². The zero-order chi connectivity index (χ0) is 30.0. The number of primary amides is 1. The molecule has 10 heteroatoms. The first kappa shape index (κ1) is 29.1. The van der Waals surface area contributed by atoms with Crippen molar-refractivity contribution in [3.63, 3.8) is 0 Å². The molecule has 1 aromatic carbocycles. The monoisotopic (exact) mass is 567 g/mol. The van der Waals surface area contributed by atoms with Gasteiger partial charge in [-0.15, -0.1) is 0 Å². The van der Waals surface area contributed by atoms with Crippen molar-refractivity contribution in [1.29, 1.82) is 0 Å². The summed E-state index contributed by atoms with van der Waals surface area (Å²) in [5, 5.41) is 46.0. The zero-order valence-electron chi connectivity index (χ0n) is 24.2. The van der Waals surface area contributed by atoms with Gasteiger partial charge in [0.15, 0.2) is 11.4 Å². The molecule has 5 rings (SSSR count). The van der Waals surface area contributed by atoms with Gasteiger partial charge >= 0.3 is 0 Å². The Kier molecular flexibility index (Phi) is 7.44. The minimum Gasteiger partial charge on any atom is -0.508 e. The van der Waals surface area contributed by atoms with E-state index in [-0.39, 0.29) is 29.7 Å². The Labute approximate surface area is 240 Å². The smallest absolute Gasteiger partial charge is 0.255 e. The first-order valence-electron chi connectivity index (χ1n) is 14.5. The molecule has 0 spiro atoms. The lowest BCUT2D eigenvalue weighted by Crippen LogP contribution is -2.65. The number of ketones is 2. The van der Waals surface area contributed by atoms with Gasteiger partial charge in [0.25, 0.3) is 5.91 Å². The molecule has 2 fully saturated rings. The predicted octanol–water partition coefficient (Wildman–Crippen LogP) is 2.54. The molecule has 41 heavy (non-hydrogen) atoms. The van der Waals surface area contributed by atoms with Crippen LogP contribution in [-0.2, 0) is 27.2 Å². The number of hydrogen-bond donors (Lipinski definition) is 5. The summed E-state index contributed by atoms with van der Waals surface area (Å²) in [4.78, 5) is 43.0. The van der Waals surface area contributed by atoms with Gasteiger partial charge in [-0.25, -0.2) is 0 Å². The molecule has 0 bridgehead atoms. The summed E-state index contributed by atoms with van der Waals surface area (Å²) >= 11 is 0. The van der Waals surface area contributed by atoms with Crippen LogP contribution >= 0.6 is 0 Å². The molecule has 1 amide bonds. The van der Waals surface area contributed by atoms with E-state index < -0.39 is 58.0 Å². The topological polar surface area (TPSA) is 165 Å². The second kappa shape index (κ2) is 10.5. The van der Waals surface area contributed by atoms with Gasteiger partial charge in [0, 0.05) is 31.3 Å². The molecule has 222 valence electrons. The number of aryl methyl sites for hydroxylation is 1. The summed E-state index contributed by atoms with van der Waals surface area (Å²) in [5.41, 5.74) is 4.17. The maximum Gasteiger partial charge on any atom is 0.255 e. The fourth-order valence-corrected chi connectivity index (χ4v) is 7.77. The van der Waals surface area contributed by atoms with Crippen LogP contribution < -0.4 is 10.6 Å². The van der Waals surface area contributed by atoms with Crippen molar-refractivity contribution in [2.75, 3.05) is 33.1 Å². The maximum atomic E-state index is 14.1. The summed E-state index contributed by atoms with van der Waals surface area (Å²) < 4.78 is 0. The number of aliphatic hydroxyl groups is 3. The van der Waals surface area contributed by atoms with E-state index in [4.69, 9.17) is 5.73 Å². The van der Waals surface area contributed by atoms with Crippen LogP contribution in [0.15, 0.2) is 23.0 Å². The van der Waals surface area contributed by atoms with Crippen molar-refractivity contribution in [2.45, 2.75) is 69.4 Å². The molecule has 0 saturated heterocycles. The number of phenolic OH excluding ortho intramolecular Hbond substituents is 1. The standard InChI is InChI=1S/C31H41N3O7/c1-33(2)20-14-16(11-10-15-8-6-5-7-9-15)25(35)22-18(20)12-17-13-19-24(34(3)4)27(37)23(30(32)40)29(39)31(19,41)28(38)21(17)26(22)36/h14-15,17,19,24,35-36,39,41H,5-13H2,1-4H3,(H2,32,40)/t17-,19-,24-,31-/m0/s1. The van der Waals surface area contributed by atoms with Crippen molar-refractivity contribution in [1.82, 2.24) is 4.90 Å². The Morgan fingerprint density at radius 3 is 2.32 bits per heavy atom. The minimum atomic E-state index is -2.64. The van der Waals surface area contributed by atoms with E-state index in [1.165, 1.54) is 24.2 Å². The molecule has 0 aliphatic heterocycles. The largest absolute Gasteiger partial charge is 0.508 e. The van der Waals surface area contributed by atoms with Crippen molar-refractivity contribution < 1.29 is 34.8 Å². The summed E-state index contributed by atoms with van der Waals surface area (Å²) in [6.45, 7) is 0. The van der Waals surface area contributed by atoms with Crippen LogP contribution in [0.4, 0.5) is 5.69 Å². The molecule has 0 unspecified atom stereocenters. The quantitative estimate of drug-likeness (QED) is 0.325. The number of phenols is 1. The average molecular weight is 568 g/mol. The Bertz CT molecular complexity index is 1370. The van der Waals surface area contributed by atoms with Crippen LogP contribution in [0, 0.1) is 17.8 Å². The lowest BCUT2D eigenvalue weighted by molar-refractivity contribution is -0.153. The molecule has 10 nitrogen and oxygen atoms in total. The number of anilines is 1. The number of nitrogens with two attached hydrogens (primary N) is 1. The summed E-state index contributed by atoms with van der Waals surface area (Å²) in [5.74, 6) is -5.71. The SMILES string of the molecule is CN(C)c1cc(CCC2CCCCC2)c(O)c2c1C[C@H]1C[C@H]3[C@H](N(C)C)C(=O)C(C(N)=O)=C(O)[C@@]3(O)C(=O)C1=C2O. The van der Waals surface area contributed by atoms with Gasteiger partial charge in [0.1, 0.15) is 22.8 Å². The third-order valence-electron chi connectivity index (χ3n) is 9.80. The highest BCUT2D eigenvalue weighted by Gasteiger charge is 2.64. The van der Waals surface area contributed by atoms with E-state index in [0.717, 1.165) is 24.9 Å². The minimum absolute atomic E-state index is 0.0722. The summed E-state index contributed by atoms with van der Waals surface area (Å²) in [6.07, 6.45) is 7.89. The number of rotatable bonds is 6. The molecule has 0 radical (unpaired) electrons. The third-order valence-corrected chi connectivity index (χ3v) is 9.80. The zero-order valence-corrected chi connectivity index (χ0v) is 24.2. The highest BCUT2D eigenvalue weighted by Crippen LogP contribution is 2.54. The van der Waals surface area contributed by atoms with Gasteiger partial charge in [0.05, 0.1) is 11.6 Å². The van der Waals surface area contributed by atoms with Gasteiger partial charge in [0.2, 0.25) is 5.78 Å². The number of fused-ring (bicyclic) bond motifs is 3. The van der Waals surface area contributed by atoms with Crippen LogP contribution in [0.3, 0.4) is 0 Å². The first-order valence-corrected chi connectivity index (χ1v) is 14.5. The number of nitrogens with zero attached hydrogens (tertiary/aromatic N) is 2. The van der Waals surface area contributed by atoms with Crippen LogP contribution in [0.1, 0.15) is 61.6 Å². The van der Waals surface area contributed by atoms with Crippen molar-refractivity contribution in [2.24, 2.45) is 23.5 Å². The molecule has 6 N–H and O–H groups in total. The fourth-order valence-electron chi connectivity index (χ4n) is 7.77. The summed E-state index contributed by atoms with van der Waals surface area (Å²) in [6, 6.07) is 0.854. The fraction of sp³-hybridized carbons (Fsp3) is 0.581. The van der Waals surface area contributed by atoms with Crippen LogP contribution in [0.5, 0.6) is 5.75 Å². The Hall–Kier alpha value is -3.37. The van der Waals surface area contributed by atoms with Gasteiger partial charge in [-0.3, -0.25) is 19.3 Å². The number of likely N-dealkylation sites (N-methyl/N-ethyl adjacent to an activating group) is 1. The lowest BCUT2D eigenvalue weighted by Gasteiger charge is -2.50. The highest BCUT2D eigenvalue weighted by atomic mass is 16.3. The van der Waals surface area contributed by atoms with E-state index in [2.05, 4.69) is 0 Å². The van der Waals surface area contributed by atoms with Crippen molar-refractivity contribution in [3.8, 4) is 5.75 Å². The highest BCUT2D eigenvalue weighted by molar-refractivity contribution is 6.24. The first-order chi connectivity index (χ1) is 19.3. The van der Waals surface area contributed by atoms with Gasteiger partial charge < -0.3 is 31.1 Å². The van der Waals surface area contributed by atoms with Crippen LogP contribution in [-0.4, -0.2) is 82.6 Å². The van der Waals surface area contributed by atoms with Crippen molar-refractivity contribution in [3.05, 3.63) is 39.7 Å². The van der Waals surface area contributed by atoms with E-state index in [0.29, 0.717) is 23.5 Å². The number of benzene rings is 1. The Balaban J connectivity index is 1.64. The predicted molar refractivity (Wildman–Crippen MR) is 153 cm³/mol. The van der Waals surface area contributed by atoms with Crippen LogP contribution in [0.25, 0.3) is 5.76 Å². The second-order valence-electron chi connectivity index (χ2n) is 12.7. The number of hydrogen-bond acceptors (Lipinski definition) is 9. The molecular weight excluding hydrogens is 526 g/mol. The molecule has 0 aromatic heterocycles. The van der Waals surface area contributed by atoms with Gasteiger partial charge in [-0.1, -0.05) is 32.1 Å². The number of Topliss-reactive ketones (excluding diaryl/α,β-unsaturated/α-hetero) is 2. The maximum absolute atomic E-state index is 14.1. The van der Waals surface area contributed by atoms with E-state index in [9.17, 15) is 34.8 Å². The molecule has 4 atom stereocenters. The van der Waals surface area contributed by atoms with Gasteiger partial charge in [-0.2, -0.15) is 0 Å². The molecule has 0 heterocycles. The molecule has 1 aromatic rings. The number of carbonyl (C=O) groups is 3. The van der Waals surface area contributed by atoms with Gasteiger partial charge in [-0.05, 0) is 68.8 Å². The van der Waals surface area contributed by atoms with E-state index >= 15 is 0 Å². The molecule has 4 aliphatic carbocycles. The number of carbonyl (C=O) groups excluding carboxylic acids is 3. The number of aliphatic hydroxyl groups excluding tert-OH is 2. The second-order valence-corrected chi connectivity index (χ2v) is 12.7. The van der Waals surface area contributed by atoms with E-state index in [1.807, 2.05) is 25.1 Å².